The molecular formula is C42H40N2O5. The third-order valence-electron chi connectivity index (χ3n) is 9.48. The van der Waals surface area contributed by atoms with Crippen molar-refractivity contribution in [2.75, 3.05) is 13.7 Å². The van der Waals surface area contributed by atoms with Crippen molar-refractivity contribution in [1.82, 2.24) is 10.6 Å². The molecular weight excluding hydrogens is 612 g/mol. The van der Waals surface area contributed by atoms with Crippen molar-refractivity contribution in [2.24, 2.45) is 5.92 Å². The number of benzene rings is 5. The summed E-state index contributed by atoms with van der Waals surface area (Å²) in [7, 11) is 1.58. The number of hydrogen-bond acceptors (Lipinski definition) is 5. The van der Waals surface area contributed by atoms with Gasteiger partial charge in [0.1, 0.15) is 12.6 Å². The van der Waals surface area contributed by atoms with E-state index >= 15 is 0 Å². The molecule has 2 N–H and O–H groups in total. The summed E-state index contributed by atoms with van der Waals surface area (Å²) < 4.78 is 12.5. The highest BCUT2D eigenvalue weighted by molar-refractivity contribution is 5.94. The van der Waals surface area contributed by atoms with Gasteiger partial charge in [-0.25, -0.2) is 9.59 Å². The summed E-state index contributed by atoms with van der Waals surface area (Å²) in [5.41, 5.74) is 5.63. The number of hydrogen-bond donors (Lipinski definition) is 2. The van der Waals surface area contributed by atoms with Gasteiger partial charge in [0.15, 0.2) is 5.60 Å². The summed E-state index contributed by atoms with van der Waals surface area (Å²) in [4.78, 5) is 40.4. The van der Waals surface area contributed by atoms with Crippen LogP contribution >= 0.6 is 0 Å². The molecule has 1 aliphatic carbocycles. The van der Waals surface area contributed by atoms with Crippen LogP contribution in [0.2, 0.25) is 0 Å². The van der Waals surface area contributed by atoms with E-state index in [-0.39, 0.29) is 24.3 Å². The Hall–Kier alpha value is -5.69. The first-order chi connectivity index (χ1) is 23.9. The number of ether oxygens (including phenoxy) is 2. The van der Waals surface area contributed by atoms with Gasteiger partial charge in [0.2, 0.25) is 0 Å². The molecule has 248 valence electrons. The number of esters is 1. The lowest BCUT2D eigenvalue weighted by molar-refractivity contribution is -0.157. The van der Waals surface area contributed by atoms with Crippen molar-refractivity contribution in [2.45, 2.75) is 37.8 Å². The third kappa shape index (κ3) is 6.57. The Kier molecular flexibility index (Phi) is 9.90. The fraction of sp³-hybridized carbons (Fsp3) is 0.214. The standard InChI is InChI=1S/C42H40N2O5/c1-4-28(2)38(44-41(47)48-27-37-35-21-13-11-19-33(35)34-20-12-14-22-36(34)37)40(46)49-42(30-15-7-5-8-16-30,31-17-9-6-10-18-31)32-25-23-29(24-26-32)39(45)43-3/h5-26,28,37-38H,4,27H2,1-3H3,(H,43,45)(H,44,47)/t28-,38-/m0/s1. The van der Waals surface area contributed by atoms with E-state index in [4.69, 9.17) is 9.47 Å². The molecule has 0 aromatic heterocycles. The highest BCUT2D eigenvalue weighted by Gasteiger charge is 2.43. The van der Waals surface area contributed by atoms with Crippen LogP contribution in [0.25, 0.3) is 11.1 Å². The fourth-order valence-electron chi connectivity index (χ4n) is 6.67. The normalized spacial score (nSPS) is 13.4. The lowest BCUT2D eigenvalue weighted by atomic mass is 9.79. The van der Waals surface area contributed by atoms with Crippen molar-refractivity contribution >= 4 is 18.0 Å². The van der Waals surface area contributed by atoms with Crippen molar-refractivity contribution in [3.63, 3.8) is 0 Å². The molecule has 0 heterocycles. The van der Waals surface area contributed by atoms with Crippen molar-refractivity contribution < 1.29 is 23.9 Å². The lowest BCUT2D eigenvalue weighted by Crippen LogP contribution is -2.49. The van der Waals surface area contributed by atoms with Crippen LogP contribution in [-0.4, -0.2) is 37.7 Å². The lowest BCUT2D eigenvalue weighted by Gasteiger charge is -2.37. The Labute approximate surface area is 287 Å². The van der Waals surface area contributed by atoms with Crippen LogP contribution in [0, 0.1) is 5.92 Å². The number of amides is 2. The fourth-order valence-corrected chi connectivity index (χ4v) is 6.67. The molecule has 0 fully saturated rings. The van der Waals surface area contributed by atoms with Gasteiger partial charge < -0.3 is 20.1 Å². The Morgan fingerprint density at radius 1 is 0.694 bits per heavy atom. The summed E-state index contributed by atoms with van der Waals surface area (Å²) in [6.07, 6.45) is -0.0856. The van der Waals surface area contributed by atoms with E-state index in [0.29, 0.717) is 28.7 Å². The van der Waals surface area contributed by atoms with Crippen LogP contribution in [0.1, 0.15) is 64.4 Å². The summed E-state index contributed by atoms with van der Waals surface area (Å²) in [5.74, 6) is -1.22. The zero-order valence-electron chi connectivity index (χ0n) is 27.9. The average molecular weight is 653 g/mol. The van der Waals surface area contributed by atoms with Gasteiger partial charge in [-0.1, -0.05) is 142 Å². The van der Waals surface area contributed by atoms with Crippen molar-refractivity contribution in [1.29, 1.82) is 0 Å². The zero-order chi connectivity index (χ0) is 34.4. The highest BCUT2D eigenvalue weighted by Crippen LogP contribution is 2.45. The Balaban J connectivity index is 1.31. The largest absolute Gasteiger partial charge is 0.449 e. The molecule has 7 heteroatoms. The smallest absolute Gasteiger partial charge is 0.407 e. The quantitative estimate of drug-likeness (QED) is 0.112. The topological polar surface area (TPSA) is 93.7 Å². The predicted molar refractivity (Wildman–Crippen MR) is 190 cm³/mol. The van der Waals surface area contributed by atoms with E-state index < -0.39 is 23.7 Å². The van der Waals surface area contributed by atoms with Gasteiger partial charge in [0.05, 0.1) is 0 Å². The maximum Gasteiger partial charge on any atom is 0.407 e. The van der Waals surface area contributed by atoms with E-state index in [1.807, 2.05) is 98.8 Å². The van der Waals surface area contributed by atoms with Crippen LogP contribution in [0.15, 0.2) is 133 Å². The number of carbonyl (C=O) groups is 3. The molecule has 0 saturated heterocycles. The van der Waals surface area contributed by atoms with Gasteiger partial charge in [0, 0.05) is 35.2 Å². The van der Waals surface area contributed by atoms with Crippen molar-refractivity contribution in [3.8, 4) is 11.1 Å². The Morgan fingerprint density at radius 3 is 1.69 bits per heavy atom. The average Bonchev–Trinajstić information content (AvgIpc) is 3.48. The van der Waals surface area contributed by atoms with E-state index in [9.17, 15) is 14.4 Å². The van der Waals surface area contributed by atoms with Gasteiger partial charge in [0.25, 0.3) is 5.91 Å². The summed E-state index contributed by atoms with van der Waals surface area (Å²) in [6.45, 7) is 3.99. The second-order valence-electron chi connectivity index (χ2n) is 12.3. The molecule has 0 bridgehead atoms. The maximum absolute atomic E-state index is 14.5. The van der Waals surface area contributed by atoms with Crippen molar-refractivity contribution in [3.05, 3.63) is 167 Å². The van der Waals surface area contributed by atoms with Gasteiger partial charge in [-0.05, 0) is 40.3 Å². The minimum Gasteiger partial charge on any atom is -0.449 e. The summed E-state index contributed by atoms with van der Waals surface area (Å²) >= 11 is 0. The molecule has 0 unspecified atom stereocenters. The summed E-state index contributed by atoms with van der Waals surface area (Å²) in [6, 6.07) is 41.3. The molecule has 0 aliphatic heterocycles. The molecule has 2 amide bonds. The van der Waals surface area contributed by atoms with E-state index in [0.717, 1.165) is 22.3 Å². The van der Waals surface area contributed by atoms with Gasteiger partial charge in [-0.15, -0.1) is 0 Å². The van der Waals surface area contributed by atoms with E-state index in [2.05, 4.69) is 34.9 Å². The third-order valence-corrected chi connectivity index (χ3v) is 9.48. The molecule has 2 atom stereocenters. The number of nitrogens with one attached hydrogen (secondary N) is 2. The second kappa shape index (κ2) is 14.6. The molecule has 7 nitrogen and oxygen atoms in total. The second-order valence-corrected chi connectivity index (χ2v) is 12.3. The molecule has 49 heavy (non-hydrogen) atoms. The number of alkyl carbamates (subject to hydrolysis) is 1. The predicted octanol–water partition coefficient (Wildman–Crippen LogP) is 7.83. The molecule has 0 radical (unpaired) electrons. The molecule has 5 aromatic carbocycles. The first kappa shape index (κ1) is 33.2. The van der Waals surface area contributed by atoms with Crippen LogP contribution < -0.4 is 10.6 Å². The van der Waals surface area contributed by atoms with Crippen LogP contribution in [0.5, 0.6) is 0 Å². The molecule has 5 aromatic rings. The minimum atomic E-state index is -1.39. The van der Waals surface area contributed by atoms with Crippen LogP contribution in [0.3, 0.4) is 0 Å². The zero-order valence-corrected chi connectivity index (χ0v) is 27.9. The van der Waals surface area contributed by atoms with Crippen LogP contribution in [-0.2, 0) is 19.9 Å². The molecule has 6 rings (SSSR count). The number of rotatable bonds is 11. The molecule has 0 spiro atoms. The first-order valence-corrected chi connectivity index (χ1v) is 16.6. The number of carbonyl (C=O) groups excluding carboxylic acids is 3. The highest BCUT2D eigenvalue weighted by atomic mass is 16.6. The molecule has 1 aliphatic rings. The van der Waals surface area contributed by atoms with Gasteiger partial charge >= 0.3 is 12.1 Å². The minimum absolute atomic E-state index is 0.117. The SMILES string of the molecule is CC[C@H](C)[C@H](NC(=O)OCC1c2ccccc2-c2ccccc21)C(=O)OC(c1ccccc1)(c1ccccc1)c1ccc(C(=O)NC)cc1. The number of fused-ring (bicyclic) bond motifs is 3. The molecule has 0 saturated carbocycles. The van der Waals surface area contributed by atoms with Gasteiger partial charge in [-0.3, -0.25) is 4.79 Å². The maximum atomic E-state index is 14.5. The first-order valence-electron chi connectivity index (χ1n) is 16.6. The van der Waals surface area contributed by atoms with E-state index in [1.54, 1.807) is 31.3 Å². The monoisotopic (exact) mass is 652 g/mol. The van der Waals surface area contributed by atoms with Gasteiger partial charge in [-0.2, -0.15) is 0 Å². The Morgan fingerprint density at radius 2 is 1.18 bits per heavy atom. The Bertz CT molecular complexity index is 1840. The summed E-state index contributed by atoms with van der Waals surface area (Å²) in [5, 5.41) is 5.51. The van der Waals surface area contributed by atoms with E-state index in [1.165, 1.54) is 0 Å². The van der Waals surface area contributed by atoms with Crippen LogP contribution in [0.4, 0.5) is 4.79 Å².